The van der Waals surface area contributed by atoms with Gasteiger partial charge < -0.3 is 14.1 Å². The predicted octanol–water partition coefficient (Wildman–Crippen LogP) is 9.07. The van der Waals surface area contributed by atoms with Gasteiger partial charge in [-0.3, -0.25) is 9.78 Å². The average molecular weight is 699 g/mol. The van der Waals surface area contributed by atoms with Crippen molar-refractivity contribution in [3.8, 4) is 22.3 Å². The quantitative estimate of drug-likeness (QED) is 0.0900. The number of hydrogen-bond acceptors (Lipinski definition) is 6. The number of fused-ring (bicyclic) bond motifs is 2. The minimum atomic E-state index is -1.12. The first-order valence-electron chi connectivity index (χ1n) is 17.5. The molecule has 6 aromatic heterocycles. The molecule has 0 aromatic carbocycles. The summed E-state index contributed by atoms with van der Waals surface area (Å²) in [5.74, 6) is 0. The first-order valence-corrected chi connectivity index (χ1v) is 24.9. The summed E-state index contributed by atoms with van der Waals surface area (Å²) >= 11 is 0. The Kier molecular flexibility index (Phi) is 11.6. The summed E-state index contributed by atoms with van der Waals surface area (Å²) in [5, 5.41) is 13.7. The van der Waals surface area contributed by atoms with Gasteiger partial charge in [0, 0.05) is 81.7 Å². The van der Waals surface area contributed by atoms with Crippen molar-refractivity contribution in [1.29, 1.82) is 0 Å². The molecule has 0 saturated carbocycles. The Morgan fingerprint density at radius 1 is 0.857 bits per heavy atom. The maximum Gasteiger partial charge on any atom is 0.176 e. The number of nitrogens with zero attached hydrogens (tertiary/aromatic N) is 7. The van der Waals surface area contributed by atoms with E-state index in [9.17, 15) is 0 Å². The molecule has 12 heteroatoms. The normalized spacial score (nSPS) is 12.8. The van der Waals surface area contributed by atoms with Gasteiger partial charge in [0.2, 0.25) is 0 Å². The highest BCUT2D eigenvalue weighted by molar-refractivity contribution is 6.76. The van der Waals surface area contributed by atoms with E-state index >= 15 is 0 Å². The number of aromatic nitrogens is 8. The minimum absolute atomic E-state index is 0.414. The first-order chi connectivity index (χ1) is 23.3. The second-order valence-electron chi connectivity index (χ2n) is 15.4. The van der Waals surface area contributed by atoms with Crippen molar-refractivity contribution >= 4 is 38.2 Å². The summed E-state index contributed by atoms with van der Waals surface area (Å²) in [6.07, 6.45) is 15.9. The van der Waals surface area contributed by atoms with Crippen LogP contribution in [0.2, 0.25) is 51.4 Å². The molecule has 1 atom stereocenters. The molecule has 0 aliphatic carbocycles. The Hall–Kier alpha value is -4.01. The third-order valence-corrected chi connectivity index (χ3v) is 12.1. The Balaban J connectivity index is 0.000000195. The van der Waals surface area contributed by atoms with Gasteiger partial charge in [0.1, 0.15) is 19.0 Å². The predicted molar refractivity (Wildman–Crippen MR) is 206 cm³/mol. The number of H-pyrrole nitrogens is 1. The lowest BCUT2D eigenvalue weighted by molar-refractivity contribution is 0.0899. The lowest BCUT2D eigenvalue weighted by Gasteiger charge is -2.17. The van der Waals surface area contributed by atoms with Gasteiger partial charge in [-0.2, -0.15) is 14.9 Å². The Bertz CT molecular complexity index is 1930. The van der Waals surface area contributed by atoms with Gasteiger partial charge in [-0.15, -0.1) is 0 Å². The maximum absolute atomic E-state index is 6.10. The lowest BCUT2D eigenvalue weighted by atomic mass is 10.1. The van der Waals surface area contributed by atoms with Crippen molar-refractivity contribution in [1.82, 2.24) is 39.2 Å². The summed E-state index contributed by atoms with van der Waals surface area (Å²) in [6, 6.07) is 11.1. The molecule has 49 heavy (non-hydrogen) atoms. The van der Waals surface area contributed by atoms with Gasteiger partial charge in [0.05, 0.1) is 18.1 Å². The monoisotopic (exact) mass is 698 g/mol. The Labute approximate surface area is 292 Å². The summed E-state index contributed by atoms with van der Waals surface area (Å²) < 4.78 is 11.9. The summed E-state index contributed by atoms with van der Waals surface area (Å²) in [6.45, 7) is 22.8. The van der Waals surface area contributed by atoms with E-state index in [2.05, 4.69) is 119 Å². The zero-order chi connectivity index (χ0) is 35.2. The fourth-order valence-corrected chi connectivity index (χ4v) is 7.17. The molecule has 1 N–H and O–H groups in total. The van der Waals surface area contributed by atoms with Crippen molar-refractivity contribution in [2.45, 2.75) is 97.8 Å². The molecule has 0 amide bonds. The number of hydrogen-bond donors (Lipinski definition) is 1. The highest BCUT2D eigenvalue weighted by atomic mass is 28.3. The van der Waals surface area contributed by atoms with Crippen LogP contribution in [0.25, 0.3) is 44.3 Å². The minimum Gasteiger partial charge on any atom is -0.412 e. The molecule has 10 nitrogen and oxygen atoms in total. The van der Waals surface area contributed by atoms with Gasteiger partial charge in [-0.25, -0.2) is 9.97 Å². The van der Waals surface area contributed by atoms with Crippen LogP contribution >= 0.6 is 0 Å². The largest absolute Gasteiger partial charge is 0.412 e. The van der Waals surface area contributed by atoms with Crippen LogP contribution in [0.3, 0.4) is 0 Å². The summed E-state index contributed by atoms with van der Waals surface area (Å²) in [5.41, 5.74) is 7.41. The van der Waals surface area contributed by atoms with Crippen LogP contribution in [0.4, 0.5) is 0 Å². The van der Waals surface area contributed by atoms with Crippen LogP contribution in [0.15, 0.2) is 67.6 Å². The van der Waals surface area contributed by atoms with E-state index in [1.165, 1.54) is 6.04 Å². The SMILES string of the molecule is CCCC(C)n1cc(-c2ccnc3c2cc(C)n3OCC[Si](C)(C)C)cn1.C[Si](C)(C)CCOCn1ccc2c(-c3cn[nH]c3)ccnc21. The van der Waals surface area contributed by atoms with E-state index in [1.54, 1.807) is 0 Å². The second-order valence-corrected chi connectivity index (χ2v) is 26.6. The fourth-order valence-electron chi connectivity index (χ4n) is 5.71. The molecule has 6 aromatic rings. The fraction of sp³-hybridized carbons (Fsp3) is 0.459. The molecule has 0 saturated heterocycles. The van der Waals surface area contributed by atoms with Crippen LogP contribution in [0, 0.1) is 6.92 Å². The van der Waals surface area contributed by atoms with Crippen LogP contribution in [-0.2, 0) is 11.5 Å². The Morgan fingerprint density at radius 3 is 2.22 bits per heavy atom. The highest BCUT2D eigenvalue weighted by Gasteiger charge is 2.17. The highest BCUT2D eigenvalue weighted by Crippen LogP contribution is 2.30. The van der Waals surface area contributed by atoms with E-state index in [0.29, 0.717) is 12.8 Å². The summed E-state index contributed by atoms with van der Waals surface area (Å²) in [7, 11) is -2.16. The van der Waals surface area contributed by atoms with Crippen molar-refractivity contribution in [2.75, 3.05) is 13.2 Å². The summed E-state index contributed by atoms with van der Waals surface area (Å²) in [4.78, 5) is 15.2. The van der Waals surface area contributed by atoms with E-state index < -0.39 is 16.1 Å². The molecular formula is C37H54N8O2Si2. The van der Waals surface area contributed by atoms with Gasteiger partial charge in [0.15, 0.2) is 5.65 Å². The molecule has 1 unspecified atom stereocenters. The molecule has 0 aliphatic rings. The van der Waals surface area contributed by atoms with Gasteiger partial charge in [0.25, 0.3) is 0 Å². The van der Waals surface area contributed by atoms with Gasteiger partial charge in [-0.05, 0) is 67.7 Å². The van der Waals surface area contributed by atoms with E-state index in [1.807, 2.05) is 48.0 Å². The molecule has 6 heterocycles. The number of rotatable bonds is 14. The third-order valence-electron chi connectivity index (χ3n) is 8.68. The van der Waals surface area contributed by atoms with E-state index in [0.717, 1.165) is 82.1 Å². The van der Waals surface area contributed by atoms with E-state index in [-0.39, 0.29) is 0 Å². The zero-order valence-electron chi connectivity index (χ0n) is 30.8. The van der Waals surface area contributed by atoms with Crippen molar-refractivity contribution < 1.29 is 9.57 Å². The topological polar surface area (TPSA) is 101 Å². The second kappa shape index (κ2) is 15.7. The van der Waals surface area contributed by atoms with Crippen LogP contribution in [0.1, 0.15) is 38.4 Å². The van der Waals surface area contributed by atoms with Crippen molar-refractivity contribution in [3.63, 3.8) is 0 Å². The van der Waals surface area contributed by atoms with Crippen LogP contribution in [0.5, 0.6) is 0 Å². The smallest absolute Gasteiger partial charge is 0.176 e. The van der Waals surface area contributed by atoms with Crippen molar-refractivity contribution in [3.05, 3.63) is 73.3 Å². The molecule has 0 radical (unpaired) electrons. The van der Waals surface area contributed by atoms with Crippen LogP contribution in [-0.4, -0.2) is 68.6 Å². The number of aryl methyl sites for hydroxylation is 1. The molecule has 0 spiro atoms. The maximum atomic E-state index is 6.10. The number of nitrogens with one attached hydrogen (secondary N) is 1. The molecule has 0 bridgehead atoms. The molecular weight excluding hydrogens is 645 g/mol. The van der Waals surface area contributed by atoms with Gasteiger partial charge >= 0.3 is 0 Å². The molecule has 0 fully saturated rings. The lowest BCUT2D eigenvalue weighted by Crippen LogP contribution is -2.25. The third kappa shape index (κ3) is 9.37. The molecule has 6 rings (SSSR count). The molecule has 0 aliphatic heterocycles. The van der Waals surface area contributed by atoms with E-state index in [4.69, 9.17) is 9.57 Å². The van der Waals surface area contributed by atoms with Crippen molar-refractivity contribution in [2.24, 2.45) is 0 Å². The van der Waals surface area contributed by atoms with Crippen LogP contribution < -0.4 is 4.84 Å². The average Bonchev–Trinajstić information content (AvgIpc) is 3.86. The standard InChI is InChI=1S/C21H32N4OSi.C16H22N4OSi/c1-7-8-16(2)24-15-18(14-23-24)19-9-10-22-21-20(19)13-17(3)25(21)26-11-12-27(4,5)6;1-22(2,3)9-8-21-12-20-7-5-15-14(4-6-17-16(15)20)13-10-18-19-11-13/h9-10,13-16H,7-8,11-12H2,1-6H3;4-7,10-11H,8-9,12H2,1-3H3,(H,18,19). The number of ether oxygens (including phenoxy) is 1. The Morgan fingerprint density at radius 2 is 1.55 bits per heavy atom. The first kappa shape index (κ1) is 36.3. The van der Waals surface area contributed by atoms with Gasteiger partial charge in [-0.1, -0.05) is 52.6 Å². The number of aromatic amines is 1. The zero-order valence-corrected chi connectivity index (χ0v) is 32.8. The number of pyridine rings is 2. The molecule has 262 valence electrons.